The fraction of sp³-hybridized carbons (Fsp3) is 0.600. The maximum atomic E-state index is 12.2. The van der Waals surface area contributed by atoms with Crippen molar-refractivity contribution in [2.45, 2.75) is 44.2 Å². The second-order valence-electron chi connectivity index (χ2n) is 7.68. The van der Waals surface area contributed by atoms with Gasteiger partial charge in [0.05, 0.1) is 4.88 Å². The maximum Gasteiger partial charge on any atom is 0.273 e. The van der Waals surface area contributed by atoms with E-state index in [1.165, 1.54) is 38.9 Å². The van der Waals surface area contributed by atoms with E-state index in [4.69, 9.17) is 4.52 Å². The number of piperazine rings is 1. The van der Waals surface area contributed by atoms with Crippen LogP contribution in [0.15, 0.2) is 28.1 Å². The van der Waals surface area contributed by atoms with E-state index >= 15 is 0 Å². The lowest BCUT2D eigenvalue weighted by molar-refractivity contribution is 0.0872. The SMILES string of the molecule is CN1C2CCC1CN(CCCCCNC(=O)c1cc(-c3cccs3)on1)C2. The second-order valence-corrected chi connectivity index (χ2v) is 8.63. The smallest absolute Gasteiger partial charge is 0.273 e. The number of unbranched alkanes of at least 4 members (excludes halogenated alkanes) is 2. The third-order valence-electron chi connectivity index (χ3n) is 5.87. The Bertz CT molecular complexity index is 731. The van der Waals surface area contributed by atoms with Crippen LogP contribution in [-0.2, 0) is 0 Å². The van der Waals surface area contributed by atoms with Crippen LogP contribution in [0.2, 0.25) is 0 Å². The van der Waals surface area contributed by atoms with Gasteiger partial charge in [-0.25, -0.2) is 0 Å². The van der Waals surface area contributed by atoms with Gasteiger partial charge in [-0.3, -0.25) is 9.69 Å². The lowest BCUT2D eigenvalue weighted by Gasteiger charge is -2.38. The van der Waals surface area contributed by atoms with Gasteiger partial charge in [-0.15, -0.1) is 11.3 Å². The van der Waals surface area contributed by atoms with Gasteiger partial charge in [-0.1, -0.05) is 17.6 Å². The number of likely N-dealkylation sites (tertiary alicyclic amines) is 1. The van der Waals surface area contributed by atoms with Crippen LogP contribution in [0.3, 0.4) is 0 Å². The molecule has 2 aliphatic rings. The molecule has 2 saturated heterocycles. The third kappa shape index (κ3) is 4.42. The molecular weight excluding hydrogens is 360 g/mol. The number of hydrogen-bond donors (Lipinski definition) is 1. The zero-order valence-electron chi connectivity index (χ0n) is 15.9. The van der Waals surface area contributed by atoms with Crippen molar-refractivity contribution in [2.24, 2.45) is 0 Å². The topological polar surface area (TPSA) is 61.6 Å². The molecule has 2 unspecified atom stereocenters. The van der Waals surface area contributed by atoms with E-state index in [9.17, 15) is 4.79 Å². The van der Waals surface area contributed by atoms with E-state index in [1.54, 1.807) is 17.4 Å². The van der Waals surface area contributed by atoms with Gasteiger partial charge in [-0.2, -0.15) is 0 Å². The van der Waals surface area contributed by atoms with Crippen LogP contribution in [-0.4, -0.2) is 66.2 Å². The zero-order chi connectivity index (χ0) is 18.6. The van der Waals surface area contributed by atoms with Crippen LogP contribution in [0.1, 0.15) is 42.6 Å². The second kappa shape index (κ2) is 8.54. The number of aromatic nitrogens is 1. The predicted octanol–water partition coefficient (Wildman–Crippen LogP) is 3.08. The number of fused-ring (bicyclic) bond motifs is 2. The van der Waals surface area contributed by atoms with Crippen molar-refractivity contribution in [3.05, 3.63) is 29.3 Å². The minimum Gasteiger partial charge on any atom is -0.355 e. The van der Waals surface area contributed by atoms with Crippen LogP contribution >= 0.6 is 11.3 Å². The number of nitrogens with one attached hydrogen (secondary N) is 1. The summed E-state index contributed by atoms with van der Waals surface area (Å²) in [6.07, 6.45) is 6.06. The number of carbonyl (C=O) groups excluding carboxylic acids is 1. The number of nitrogens with zero attached hydrogens (tertiary/aromatic N) is 3. The minimum absolute atomic E-state index is 0.155. The number of rotatable bonds is 8. The predicted molar refractivity (Wildman–Crippen MR) is 107 cm³/mol. The van der Waals surface area contributed by atoms with Gasteiger partial charge in [-0.05, 0) is 50.7 Å². The summed E-state index contributed by atoms with van der Waals surface area (Å²) >= 11 is 1.57. The van der Waals surface area contributed by atoms with Gasteiger partial charge in [0.15, 0.2) is 11.5 Å². The highest BCUT2D eigenvalue weighted by molar-refractivity contribution is 7.13. The molecule has 0 aliphatic carbocycles. The average Bonchev–Trinajstić information content (AvgIpc) is 3.39. The lowest BCUT2D eigenvalue weighted by Crippen LogP contribution is -2.51. The molecule has 2 aromatic heterocycles. The summed E-state index contributed by atoms with van der Waals surface area (Å²) in [7, 11) is 2.28. The molecule has 2 aliphatic heterocycles. The normalized spacial score (nSPS) is 23.0. The molecule has 6 nitrogen and oxygen atoms in total. The molecule has 146 valence electrons. The van der Waals surface area contributed by atoms with Crippen molar-refractivity contribution in [2.75, 3.05) is 33.2 Å². The number of thiophene rings is 1. The molecule has 4 rings (SSSR count). The Morgan fingerprint density at radius 2 is 2.11 bits per heavy atom. The molecular formula is C20H28N4O2S. The molecule has 2 atom stereocenters. The van der Waals surface area contributed by atoms with Crippen molar-refractivity contribution in [3.8, 4) is 10.6 Å². The molecule has 1 N–H and O–H groups in total. The molecule has 4 heterocycles. The van der Waals surface area contributed by atoms with Crippen molar-refractivity contribution >= 4 is 17.2 Å². The van der Waals surface area contributed by atoms with Gasteiger partial charge in [0.25, 0.3) is 5.91 Å². The Kier molecular flexibility index (Phi) is 5.90. The Balaban J connectivity index is 1.11. The molecule has 0 aromatic carbocycles. The van der Waals surface area contributed by atoms with Crippen LogP contribution in [0, 0.1) is 0 Å². The summed E-state index contributed by atoms with van der Waals surface area (Å²) in [5, 5.41) is 8.81. The van der Waals surface area contributed by atoms with E-state index in [0.29, 0.717) is 18.0 Å². The number of carbonyl (C=O) groups is 1. The highest BCUT2D eigenvalue weighted by Gasteiger charge is 2.36. The highest BCUT2D eigenvalue weighted by atomic mass is 32.1. The molecule has 1 amide bonds. The quantitative estimate of drug-likeness (QED) is 0.704. The lowest BCUT2D eigenvalue weighted by atomic mass is 10.1. The van der Waals surface area contributed by atoms with Crippen LogP contribution in [0.4, 0.5) is 0 Å². The standard InChI is InChI=1S/C20H28N4O2S/c1-23-15-7-8-16(23)14-24(13-15)10-4-2-3-9-21-20(25)17-12-18(26-22-17)19-6-5-11-27-19/h5-6,11-12,15-16H,2-4,7-10,13-14H2,1H3,(H,21,25). The molecule has 2 bridgehead atoms. The largest absolute Gasteiger partial charge is 0.355 e. The summed E-state index contributed by atoms with van der Waals surface area (Å²) in [6, 6.07) is 7.16. The fourth-order valence-corrected chi connectivity index (χ4v) is 4.90. The van der Waals surface area contributed by atoms with E-state index in [-0.39, 0.29) is 5.91 Å². The molecule has 7 heteroatoms. The Hall–Kier alpha value is -1.70. The van der Waals surface area contributed by atoms with Gasteiger partial charge in [0.1, 0.15) is 0 Å². The summed E-state index contributed by atoms with van der Waals surface area (Å²) < 4.78 is 5.26. The minimum atomic E-state index is -0.155. The summed E-state index contributed by atoms with van der Waals surface area (Å²) in [5.74, 6) is 0.494. The monoisotopic (exact) mass is 388 g/mol. The van der Waals surface area contributed by atoms with Crippen molar-refractivity contribution in [1.29, 1.82) is 0 Å². The maximum absolute atomic E-state index is 12.2. The first kappa shape index (κ1) is 18.7. The van der Waals surface area contributed by atoms with Gasteiger partial charge < -0.3 is 14.7 Å². The van der Waals surface area contributed by atoms with Crippen LogP contribution in [0.25, 0.3) is 10.6 Å². The first-order chi connectivity index (χ1) is 13.2. The first-order valence-corrected chi connectivity index (χ1v) is 10.8. The van der Waals surface area contributed by atoms with Gasteiger partial charge in [0.2, 0.25) is 0 Å². The van der Waals surface area contributed by atoms with Crippen molar-refractivity contribution in [1.82, 2.24) is 20.3 Å². The average molecular weight is 389 g/mol. The Morgan fingerprint density at radius 3 is 2.85 bits per heavy atom. The molecule has 27 heavy (non-hydrogen) atoms. The summed E-state index contributed by atoms with van der Waals surface area (Å²) in [6.45, 7) is 4.32. The van der Waals surface area contributed by atoms with E-state index < -0.39 is 0 Å². The fourth-order valence-electron chi connectivity index (χ4n) is 4.23. The zero-order valence-corrected chi connectivity index (χ0v) is 16.7. The van der Waals surface area contributed by atoms with Crippen molar-refractivity contribution in [3.63, 3.8) is 0 Å². The number of amides is 1. The summed E-state index contributed by atoms with van der Waals surface area (Å²) in [4.78, 5) is 18.4. The first-order valence-electron chi connectivity index (χ1n) is 9.94. The van der Waals surface area contributed by atoms with Crippen LogP contribution in [0.5, 0.6) is 0 Å². The third-order valence-corrected chi connectivity index (χ3v) is 6.75. The van der Waals surface area contributed by atoms with E-state index in [0.717, 1.165) is 29.8 Å². The van der Waals surface area contributed by atoms with E-state index in [1.807, 2.05) is 17.5 Å². The van der Waals surface area contributed by atoms with Gasteiger partial charge >= 0.3 is 0 Å². The summed E-state index contributed by atoms with van der Waals surface area (Å²) in [5.41, 5.74) is 0.353. The molecule has 0 saturated carbocycles. The number of likely N-dealkylation sites (N-methyl/N-ethyl adjacent to an activating group) is 1. The number of hydrogen-bond acceptors (Lipinski definition) is 6. The Morgan fingerprint density at radius 1 is 1.30 bits per heavy atom. The van der Waals surface area contributed by atoms with E-state index in [2.05, 4.69) is 27.3 Å². The van der Waals surface area contributed by atoms with Gasteiger partial charge in [0, 0.05) is 37.8 Å². The molecule has 2 aromatic rings. The molecule has 2 fully saturated rings. The Labute approximate surface area is 164 Å². The van der Waals surface area contributed by atoms with Crippen molar-refractivity contribution < 1.29 is 9.32 Å². The van der Waals surface area contributed by atoms with Crippen LogP contribution < -0.4 is 5.32 Å². The molecule has 0 spiro atoms. The highest BCUT2D eigenvalue weighted by Crippen LogP contribution is 2.28. The molecule has 0 radical (unpaired) electrons.